The minimum atomic E-state index is -0.435. The number of aliphatic hydroxyl groups excluding tert-OH is 1. The van der Waals surface area contributed by atoms with Crippen LogP contribution in [0.25, 0.3) is 0 Å². The fourth-order valence-electron chi connectivity index (χ4n) is 1.47. The Hall–Kier alpha value is -0.130. The summed E-state index contributed by atoms with van der Waals surface area (Å²) < 4.78 is 6.20. The summed E-state index contributed by atoms with van der Waals surface area (Å²) in [4.78, 5) is 1.26. The van der Waals surface area contributed by atoms with Crippen LogP contribution in [0.4, 0.5) is 0 Å². The maximum Gasteiger partial charge on any atom is 0.0931 e. The summed E-state index contributed by atoms with van der Waals surface area (Å²) in [7, 11) is 0. The second-order valence-corrected chi connectivity index (χ2v) is 6.54. The molecule has 0 radical (unpaired) electrons. The van der Waals surface area contributed by atoms with Crippen molar-refractivity contribution in [2.24, 2.45) is 5.92 Å². The lowest BCUT2D eigenvalue weighted by Crippen LogP contribution is -2.31. The van der Waals surface area contributed by atoms with Crippen molar-refractivity contribution in [2.45, 2.75) is 26.4 Å². The second-order valence-electron chi connectivity index (χ2n) is 4.75. The lowest BCUT2D eigenvalue weighted by atomic mass is 10.2. The van der Waals surface area contributed by atoms with E-state index >= 15 is 0 Å². The van der Waals surface area contributed by atoms with Gasteiger partial charge in [-0.05, 0) is 24.5 Å². The van der Waals surface area contributed by atoms with Crippen LogP contribution in [0.1, 0.15) is 18.7 Å². The first-order valence-corrected chi connectivity index (χ1v) is 7.48. The second kappa shape index (κ2) is 8.88. The van der Waals surface area contributed by atoms with Crippen LogP contribution in [0.5, 0.6) is 0 Å². The zero-order chi connectivity index (χ0) is 13.4. The van der Waals surface area contributed by atoms with Crippen LogP contribution in [-0.2, 0) is 11.2 Å². The van der Waals surface area contributed by atoms with Gasteiger partial charge in [-0.25, -0.2) is 0 Å². The van der Waals surface area contributed by atoms with E-state index in [2.05, 4.69) is 19.2 Å². The molecule has 1 unspecified atom stereocenters. The number of halogens is 1. The lowest BCUT2D eigenvalue weighted by Gasteiger charge is -2.13. The fourth-order valence-corrected chi connectivity index (χ4v) is 2.55. The maximum atomic E-state index is 9.66. The summed E-state index contributed by atoms with van der Waals surface area (Å²) in [5, 5.41) is 12.9. The van der Waals surface area contributed by atoms with Crippen molar-refractivity contribution in [1.29, 1.82) is 0 Å². The van der Waals surface area contributed by atoms with Crippen LogP contribution < -0.4 is 5.32 Å². The molecule has 1 heterocycles. The van der Waals surface area contributed by atoms with Crippen LogP contribution in [0, 0.1) is 5.92 Å². The molecule has 0 aliphatic carbocycles. The average Bonchev–Trinajstić information content (AvgIpc) is 2.70. The highest BCUT2D eigenvalue weighted by Crippen LogP contribution is 2.21. The number of nitrogens with one attached hydrogen (secondary N) is 1. The van der Waals surface area contributed by atoms with E-state index in [1.54, 1.807) is 11.3 Å². The van der Waals surface area contributed by atoms with Crippen molar-refractivity contribution < 1.29 is 9.84 Å². The minimum absolute atomic E-state index is 0.399. The molecule has 0 amide bonds. The topological polar surface area (TPSA) is 41.5 Å². The normalized spacial score (nSPS) is 13.2. The monoisotopic (exact) mass is 291 g/mol. The van der Waals surface area contributed by atoms with E-state index in [0.29, 0.717) is 25.7 Å². The molecular formula is C13H22ClNO2S. The van der Waals surface area contributed by atoms with Gasteiger partial charge in [0.2, 0.25) is 0 Å². The summed E-state index contributed by atoms with van der Waals surface area (Å²) in [6.07, 6.45) is 0.507. The van der Waals surface area contributed by atoms with E-state index in [1.807, 2.05) is 12.1 Å². The van der Waals surface area contributed by atoms with Crippen LogP contribution in [-0.4, -0.2) is 37.5 Å². The van der Waals surface area contributed by atoms with Gasteiger partial charge in [0.05, 0.1) is 17.0 Å². The molecule has 0 saturated carbocycles. The first-order valence-electron chi connectivity index (χ1n) is 6.28. The number of hydrogen-bond donors (Lipinski definition) is 2. The van der Waals surface area contributed by atoms with Crippen LogP contribution in [0.2, 0.25) is 4.34 Å². The van der Waals surface area contributed by atoms with Crippen molar-refractivity contribution in [1.82, 2.24) is 5.32 Å². The number of ether oxygens (including phenoxy) is 1. The molecule has 1 aromatic rings. The summed E-state index contributed by atoms with van der Waals surface area (Å²) in [5.74, 6) is 0.508. The van der Waals surface area contributed by atoms with Crippen molar-refractivity contribution in [3.05, 3.63) is 21.3 Å². The highest BCUT2D eigenvalue weighted by Gasteiger charge is 2.04. The Morgan fingerprint density at radius 3 is 2.78 bits per heavy atom. The number of aliphatic hydroxyl groups is 1. The molecule has 104 valence electrons. The molecule has 0 saturated heterocycles. The first kappa shape index (κ1) is 15.9. The molecule has 0 spiro atoms. The summed E-state index contributed by atoms with van der Waals surface area (Å²) in [6, 6.07) is 3.95. The maximum absolute atomic E-state index is 9.66. The zero-order valence-corrected chi connectivity index (χ0v) is 12.6. The van der Waals surface area contributed by atoms with E-state index in [-0.39, 0.29) is 0 Å². The van der Waals surface area contributed by atoms with Gasteiger partial charge in [0, 0.05) is 24.6 Å². The van der Waals surface area contributed by atoms with Gasteiger partial charge in [-0.15, -0.1) is 11.3 Å². The third-order valence-corrected chi connectivity index (χ3v) is 3.61. The highest BCUT2D eigenvalue weighted by molar-refractivity contribution is 7.16. The Morgan fingerprint density at radius 2 is 2.17 bits per heavy atom. The van der Waals surface area contributed by atoms with Crippen LogP contribution in [0.3, 0.4) is 0 Å². The van der Waals surface area contributed by atoms with E-state index in [0.717, 1.165) is 17.3 Å². The number of hydrogen-bond acceptors (Lipinski definition) is 4. The van der Waals surface area contributed by atoms with E-state index < -0.39 is 6.10 Å². The predicted molar refractivity (Wildman–Crippen MR) is 77.6 cm³/mol. The van der Waals surface area contributed by atoms with Gasteiger partial charge in [-0.3, -0.25) is 0 Å². The molecule has 0 aliphatic rings. The largest absolute Gasteiger partial charge is 0.389 e. The third kappa shape index (κ3) is 7.34. The van der Waals surface area contributed by atoms with Gasteiger partial charge in [0.25, 0.3) is 0 Å². The molecule has 5 heteroatoms. The molecule has 18 heavy (non-hydrogen) atoms. The number of rotatable bonds is 9. The van der Waals surface area contributed by atoms with Gasteiger partial charge in [0.1, 0.15) is 0 Å². The molecule has 0 aliphatic heterocycles. The molecule has 2 N–H and O–H groups in total. The molecule has 0 bridgehead atoms. The predicted octanol–water partition coefficient (Wildman–Crippen LogP) is 2.57. The van der Waals surface area contributed by atoms with Crippen molar-refractivity contribution in [3.63, 3.8) is 0 Å². The molecule has 0 fully saturated rings. The van der Waals surface area contributed by atoms with Gasteiger partial charge in [0.15, 0.2) is 0 Å². The summed E-state index contributed by atoms with van der Waals surface area (Å²) >= 11 is 7.45. The highest BCUT2D eigenvalue weighted by atomic mass is 35.5. The third-order valence-electron chi connectivity index (χ3n) is 2.32. The first-order chi connectivity index (χ1) is 8.58. The number of thiophene rings is 1. The fraction of sp³-hybridized carbons (Fsp3) is 0.692. The van der Waals surface area contributed by atoms with Gasteiger partial charge < -0.3 is 15.2 Å². The Balaban J connectivity index is 2.00. The van der Waals surface area contributed by atoms with Crippen LogP contribution >= 0.6 is 22.9 Å². The summed E-state index contributed by atoms with van der Waals surface area (Å²) in [6.45, 7) is 6.70. The van der Waals surface area contributed by atoms with Crippen molar-refractivity contribution in [3.8, 4) is 0 Å². The SMILES string of the molecule is CC(C)COCC(O)CNCCc1ccc(Cl)s1. The molecule has 3 nitrogen and oxygen atoms in total. The van der Waals surface area contributed by atoms with Crippen molar-refractivity contribution in [2.75, 3.05) is 26.3 Å². The Morgan fingerprint density at radius 1 is 1.39 bits per heavy atom. The molecular weight excluding hydrogens is 270 g/mol. The Bertz CT molecular complexity index is 331. The molecule has 1 atom stereocenters. The molecule has 1 rings (SSSR count). The van der Waals surface area contributed by atoms with Crippen LogP contribution in [0.15, 0.2) is 12.1 Å². The van der Waals surface area contributed by atoms with Gasteiger partial charge in [-0.2, -0.15) is 0 Å². The van der Waals surface area contributed by atoms with Gasteiger partial charge in [-0.1, -0.05) is 25.4 Å². The van der Waals surface area contributed by atoms with E-state index in [9.17, 15) is 5.11 Å². The lowest BCUT2D eigenvalue weighted by molar-refractivity contribution is 0.0263. The molecule has 0 aromatic carbocycles. The van der Waals surface area contributed by atoms with E-state index in [1.165, 1.54) is 4.88 Å². The van der Waals surface area contributed by atoms with Crippen molar-refractivity contribution >= 4 is 22.9 Å². The summed E-state index contributed by atoms with van der Waals surface area (Å²) in [5.41, 5.74) is 0. The molecule has 1 aromatic heterocycles. The Labute approximate surface area is 118 Å². The Kier molecular flexibility index (Phi) is 7.86. The standard InChI is InChI=1S/C13H22ClNO2S/c1-10(2)8-17-9-11(16)7-15-6-5-12-3-4-13(14)18-12/h3-4,10-11,15-16H,5-9H2,1-2H3. The minimum Gasteiger partial charge on any atom is -0.389 e. The average molecular weight is 292 g/mol. The quantitative estimate of drug-likeness (QED) is 0.687. The van der Waals surface area contributed by atoms with Gasteiger partial charge >= 0.3 is 0 Å². The zero-order valence-electron chi connectivity index (χ0n) is 11.0. The smallest absolute Gasteiger partial charge is 0.0931 e. The van der Waals surface area contributed by atoms with E-state index in [4.69, 9.17) is 16.3 Å².